The Balaban J connectivity index is 1.82. The van der Waals surface area contributed by atoms with Crippen molar-refractivity contribution in [2.75, 3.05) is 13.6 Å². The lowest BCUT2D eigenvalue weighted by atomic mass is 9.52. The van der Waals surface area contributed by atoms with Crippen LogP contribution in [0.4, 0.5) is 0 Å². The molecule has 1 saturated carbocycles. The van der Waals surface area contributed by atoms with E-state index in [-0.39, 0.29) is 5.97 Å². The molecule has 0 amide bonds. The summed E-state index contributed by atoms with van der Waals surface area (Å²) in [6.45, 7) is 2.67. The third-order valence-corrected chi connectivity index (χ3v) is 6.35. The first-order valence-electron chi connectivity index (χ1n) is 8.62. The van der Waals surface area contributed by atoms with E-state index < -0.39 is 0 Å². The molecule has 4 rings (SSSR count). The van der Waals surface area contributed by atoms with E-state index in [1.165, 1.54) is 56.7 Å². The fourth-order valence-electron chi connectivity index (χ4n) is 5.41. The predicted molar refractivity (Wildman–Crippen MR) is 86.1 cm³/mol. The molecule has 1 aliphatic heterocycles. The molecule has 0 N–H and O–H groups in total. The molecule has 2 fully saturated rings. The maximum atomic E-state index is 11.3. The van der Waals surface area contributed by atoms with Gasteiger partial charge in [-0.3, -0.25) is 4.79 Å². The Bertz CT molecular complexity index is 611. The maximum absolute atomic E-state index is 11.3. The lowest BCUT2D eigenvalue weighted by Gasteiger charge is -2.58. The predicted octanol–water partition coefficient (Wildman–Crippen LogP) is 3.30. The van der Waals surface area contributed by atoms with E-state index in [0.29, 0.717) is 11.5 Å². The van der Waals surface area contributed by atoms with Gasteiger partial charge in [-0.05, 0) is 68.5 Å². The van der Waals surface area contributed by atoms with Crippen molar-refractivity contribution < 1.29 is 9.53 Å². The SMILES string of the molecule is CC(=O)Oc1ccc2c(c1)[C@]13CCCC[C@H]1[C@H](C2)N(C)CC3. The van der Waals surface area contributed by atoms with Crippen LogP contribution in [0.25, 0.3) is 0 Å². The highest BCUT2D eigenvalue weighted by molar-refractivity contribution is 5.69. The van der Waals surface area contributed by atoms with Gasteiger partial charge in [-0.25, -0.2) is 0 Å². The summed E-state index contributed by atoms with van der Waals surface area (Å²) in [5, 5.41) is 0. The summed E-state index contributed by atoms with van der Waals surface area (Å²) in [6, 6.07) is 7.04. The number of piperidine rings is 1. The molecule has 1 aromatic carbocycles. The summed E-state index contributed by atoms with van der Waals surface area (Å²) in [6.07, 6.45) is 7.77. The molecule has 3 aliphatic rings. The fraction of sp³-hybridized carbons (Fsp3) is 0.632. The number of hydrogen-bond acceptors (Lipinski definition) is 3. The van der Waals surface area contributed by atoms with Crippen LogP contribution in [0.2, 0.25) is 0 Å². The third kappa shape index (κ3) is 2.02. The van der Waals surface area contributed by atoms with Crippen LogP contribution in [0, 0.1) is 5.92 Å². The van der Waals surface area contributed by atoms with Crippen LogP contribution < -0.4 is 4.74 Å². The van der Waals surface area contributed by atoms with E-state index >= 15 is 0 Å². The molecule has 0 radical (unpaired) electrons. The molecular formula is C19H25NO2. The van der Waals surface area contributed by atoms with Crippen LogP contribution in [-0.2, 0) is 16.6 Å². The van der Waals surface area contributed by atoms with Gasteiger partial charge in [-0.15, -0.1) is 0 Å². The number of benzene rings is 1. The van der Waals surface area contributed by atoms with Gasteiger partial charge in [0.05, 0.1) is 0 Å². The average Bonchev–Trinajstić information content (AvgIpc) is 2.51. The van der Waals surface area contributed by atoms with Gasteiger partial charge in [0.1, 0.15) is 5.75 Å². The highest BCUT2D eigenvalue weighted by atomic mass is 16.5. The summed E-state index contributed by atoms with van der Waals surface area (Å²) in [7, 11) is 2.29. The number of fused-ring (bicyclic) bond motifs is 1. The molecule has 1 heterocycles. The highest BCUT2D eigenvalue weighted by Gasteiger charge is 2.53. The zero-order valence-electron chi connectivity index (χ0n) is 13.6. The van der Waals surface area contributed by atoms with E-state index in [1.807, 2.05) is 6.07 Å². The van der Waals surface area contributed by atoms with E-state index in [1.54, 1.807) is 0 Å². The molecule has 118 valence electrons. The Labute approximate surface area is 132 Å². The van der Waals surface area contributed by atoms with Crippen LogP contribution in [0.1, 0.15) is 50.2 Å². The van der Waals surface area contributed by atoms with Crippen molar-refractivity contribution in [1.29, 1.82) is 0 Å². The van der Waals surface area contributed by atoms with Crippen molar-refractivity contribution in [2.45, 2.75) is 56.9 Å². The van der Waals surface area contributed by atoms with Gasteiger partial charge in [0.15, 0.2) is 0 Å². The van der Waals surface area contributed by atoms with Crippen molar-refractivity contribution in [1.82, 2.24) is 4.90 Å². The molecule has 1 aromatic rings. The average molecular weight is 299 g/mol. The van der Waals surface area contributed by atoms with Crippen molar-refractivity contribution >= 4 is 5.97 Å². The Morgan fingerprint density at radius 3 is 3.00 bits per heavy atom. The number of rotatable bonds is 1. The molecule has 3 heteroatoms. The molecule has 0 spiro atoms. The number of likely N-dealkylation sites (N-methyl/N-ethyl adjacent to an activating group) is 1. The van der Waals surface area contributed by atoms with E-state index in [9.17, 15) is 4.79 Å². The van der Waals surface area contributed by atoms with Gasteiger partial charge in [-0.2, -0.15) is 0 Å². The molecule has 2 bridgehead atoms. The summed E-state index contributed by atoms with van der Waals surface area (Å²) >= 11 is 0. The summed E-state index contributed by atoms with van der Waals surface area (Å²) in [4.78, 5) is 13.9. The number of nitrogens with zero attached hydrogens (tertiary/aromatic N) is 1. The molecule has 3 nitrogen and oxygen atoms in total. The molecule has 1 saturated heterocycles. The lowest BCUT2D eigenvalue weighted by molar-refractivity contribution is -0.131. The molecule has 0 aromatic heterocycles. The molecule has 2 aliphatic carbocycles. The summed E-state index contributed by atoms with van der Waals surface area (Å²) in [5.41, 5.74) is 3.30. The second-order valence-corrected chi connectivity index (χ2v) is 7.42. The second kappa shape index (κ2) is 5.09. The number of hydrogen-bond donors (Lipinski definition) is 0. The normalized spacial score (nSPS) is 33.7. The summed E-state index contributed by atoms with van der Waals surface area (Å²) in [5.74, 6) is 1.28. The third-order valence-electron chi connectivity index (χ3n) is 6.35. The number of likely N-dealkylation sites (tertiary alicyclic amines) is 1. The zero-order valence-corrected chi connectivity index (χ0v) is 13.6. The van der Waals surface area contributed by atoms with Crippen molar-refractivity contribution in [2.24, 2.45) is 5.92 Å². The monoisotopic (exact) mass is 299 g/mol. The quantitative estimate of drug-likeness (QED) is 0.588. The van der Waals surface area contributed by atoms with E-state index in [0.717, 1.165) is 18.1 Å². The standard InChI is InChI=1S/C19H25NO2/c1-13(21)22-15-7-6-14-11-18-16-5-3-4-8-19(16,17(14)12-15)9-10-20(18)2/h6-7,12,16,18H,3-5,8-11H2,1-2H3/t16-,18-,19-/m0/s1. The minimum atomic E-state index is -0.227. The van der Waals surface area contributed by atoms with Gasteiger partial charge in [0.25, 0.3) is 0 Å². The molecular weight excluding hydrogens is 274 g/mol. The minimum Gasteiger partial charge on any atom is -0.427 e. The topological polar surface area (TPSA) is 29.5 Å². The first-order chi connectivity index (χ1) is 10.6. The van der Waals surface area contributed by atoms with Crippen molar-refractivity contribution in [3.8, 4) is 5.75 Å². The fourth-order valence-corrected chi connectivity index (χ4v) is 5.41. The van der Waals surface area contributed by atoms with E-state index in [4.69, 9.17) is 4.74 Å². The van der Waals surface area contributed by atoms with Gasteiger partial charge in [-0.1, -0.05) is 18.9 Å². The number of carbonyl (C=O) groups excluding carboxylic acids is 1. The summed E-state index contributed by atoms with van der Waals surface area (Å²) < 4.78 is 5.37. The molecule has 3 atom stereocenters. The number of ether oxygens (including phenoxy) is 1. The Morgan fingerprint density at radius 2 is 2.18 bits per heavy atom. The Kier molecular flexibility index (Phi) is 3.30. The highest BCUT2D eigenvalue weighted by Crippen LogP contribution is 2.55. The van der Waals surface area contributed by atoms with Crippen molar-refractivity contribution in [3.63, 3.8) is 0 Å². The smallest absolute Gasteiger partial charge is 0.308 e. The molecule has 0 unspecified atom stereocenters. The largest absolute Gasteiger partial charge is 0.427 e. The maximum Gasteiger partial charge on any atom is 0.308 e. The Morgan fingerprint density at radius 1 is 1.32 bits per heavy atom. The van der Waals surface area contributed by atoms with Crippen LogP contribution in [0.15, 0.2) is 18.2 Å². The van der Waals surface area contributed by atoms with E-state index in [2.05, 4.69) is 24.1 Å². The van der Waals surface area contributed by atoms with Crippen LogP contribution >= 0.6 is 0 Å². The van der Waals surface area contributed by atoms with Crippen LogP contribution in [-0.4, -0.2) is 30.5 Å². The van der Waals surface area contributed by atoms with Gasteiger partial charge in [0, 0.05) is 18.4 Å². The van der Waals surface area contributed by atoms with Crippen molar-refractivity contribution in [3.05, 3.63) is 29.3 Å². The second-order valence-electron chi connectivity index (χ2n) is 7.42. The van der Waals surface area contributed by atoms with Crippen LogP contribution in [0.5, 0.6) is 5.75 Å². The minimum absolute atomic E-state index is 0.227. The first kappa shape index (κ1) is 14.3. The van der Waals surface area contributed by atoms with Crippen LogP contribution in [0.3, 0.4) is 0 Å². The van der Waals surface area contributed by atoms with Gasteiger partial charge >= 0.3 is 5.97 Å². The Hall–Kier alpha value is -1.35. The first-order valence-corrected chi connectivity index (χ1v) is 8.62. The zero-order chi connectivity index (χ0) is 15.3. The van der Waals surface area contributed by atoms with Gasteiger partial charge in [0.2, 0.25) is 0 Å². The molecule has 22 heavy (non-hydrogen) atoms. The van der Waals surface area contributed by atoms with Gasteiger partial charge < -0.3 is 9.64 Å². The lowest BCUT2D eigenvalue weighted by Crippen LogP contribution is -2.59. The number of carbonyl (C=O) groups is 1. The number of esters is 1.